The summed E-state index contributed by atoms with van der Waals surface area (Å²) in [7, 11) is 0. The third-order valence-electron chi connectivity index (χ3n) is 1.96. The second-order valence-corrected chi connectivity index (χ2v) is 4.21. The van der Waals surface area contributed by atoms with E-state index >= 15 is 0 Å². The van der Waals surface area contributed by atoms with Gasteiger partial charge >= 0.3 is 0 Å². The second-order valence-electron chi connectivity index (χ2n) is 3.02. The van der Waals surface area contributed by atoms with Crippen molar-refractivity contribution in [3.05, 3.63) is 45.4 Å². The predicted molar refractivity (Wildman–Crippen MR) is 59.5 cm³/mol. The Morgan fingerprint density at radius 3 is 2.53 bits per heavy atom. The SMILES string of the molecule is Cc1nnsc1C(=O)c1ccc(Cl)cc1. The van der Waals surface area contributed by atoms with E-state index in [2.05, 4.69) is 9.59 Å². The molecule has 5 heteroatoms. The first-order valence-corrected chi connectivity index (χ1v) is 5.43. The summed E-state index contributed by atoms with van der Waals surface area (Å²) in [5, 5.41) is 4.42. The number of aromatic nitrogens is 2. The van der Waals surface area contributed by atoms with Crippen LogP contribution in [0.15, 0.2) is 24.3 Å². The monoisotopic (exact) mass is 238 g/mol. The normalized spacial score (nSPS) is 10.3. The fourth-order valence-corrected chi connectivity index (χ4v) is 1.92. The van der Waals surface area contributed by atoms with E-state index in [0.29, 0.717) is 21.2 Å². The molecule has 0 spiro atoms. The zero-order chi connectivity index (χ0) is 10.8. The molecule has 0 radical (unpaired) electrons. The molecule has 0 aliphatic heterocycles. The molecule has 1 aromatic carbocycles. The lowest BCUT2D eigenvalue weighted by Crippen LogP contribution is -2.00. The van der Waals surface area contributed by atoms with E-state index in [9.17, 15) is 4.79 Å². The topological polar surface area (TPSA) is 42.9 Å². The molecule has 0 aliphatic carbocycles. The van der Waals surface area contributed by atoms with Crippen LogP contribution in [-0.4, -0.2) is 15.4 Å². The zero-order valence-electron chi connectivity index (χ0n) is 7.90. The van der Waals surface area contributed by atoms with Crippen LogP contribution < -0.4 is 0 Å². The molecule has 0 fully saturated rings. The van der Waals surface area contributed by atoms with E-state index in [4.69, 9.17) is 11.6 Å². The summed E-state index contributed by atoms with van der Waals surface area (Å²) in [6.07, 6.45) is 0. The van der Waals surface area contributed by atoms with Crippen LogP contribution in [0.5, 0.6) is 0 Å². The van der Waals surface area contributed by atoms with Crippen molar-refractivity contribution in [3.63, 3.8) is 0 Å². The van der Waals surface area contributed by atoms with E-state index in [-0.39, 0.29) is 5.78 Å². The van der Waals surface area contributed by atoms with Gasteiger partial charge in [-0.25, -0.2) is 0 Å². The van der Waals surface area contributed by atoms with E-state index in [0.717, 1.165) is 11.5 Å². The largest absolute Gasteiger partial charge is 0.288 e. The minimum atomic E-state index is -0.0563. The first-order chi connectivity index (χ1) is 7.18. The van der Waals surface area contributed by atoms with Gasteiger partial charge in [0, 0.05) is 10.6 Å². The van der Waals surface area contributed by atoms with E-state index in [1.807, 2.05) is 0 Å². The molecule has 15 heavy (non-hydrogen) atoms. The maximum Gasteiger partial charge on any atom is 0.206 e. The van der Waals surface area contributed by atoms with Crippen LogP contribution >= 0.6 is 23.1 Å². The highest BCUT2D eigenvalue weighted by molar-refractivity contribution is 7.08. The molecule has 1 aromatic heterocycles. The number of aryl methyl sites for hydroxylation is 1. The molecule has 0 aliphatic rings. The third kappa shape index (κ3) is 2.06. The molecule has 0 saturated heterocycles. The Hall–Kier alpha value is -1.26. The Bertz CT molecular complexity index is 492. The van der Waals surface area contributed by atoms with Crippen molar-refractivity contribution in [1.82, 2.24) is 9.59 Å². The number of benzene rings is 1. The number of nitrogens with zero attached hydrogens (tertiary/aromatic N) is 2. The number of hydrogen-bond acceptors (Lipinski definition) is 4. The van der Waals surface area contributed by atoms with Crippen molar-refractivity contribution in [3.8, 4) is 0 Å². The number of halogens is 1. The summed E-state index contributed by atoms with van der Waals surface area (Å²) in [6.45, 7) is 1.77. The lowest BCUT2D eigenvalue weighted by atomic mass is 10.1. The average molecular weight is 239 g/mol. The molecule has 2 rings (SSSR count). The molecule has 2 aromatic rings. The summed E-state index contributed by atoms with van der Waals surface area (Å²) < 4.78 is 3.73. The van der Waals surface area contributed by atoms with Gasteiger partial charge in [0.2, 0.25) is 5.78 Å². The number of carbonyl (C=O) groups is 1. The minimum Gasteiger partial charge on any atom is -0.288 e. The van der Waals surface area contributed by atoms with Crippen molar-refractivity contribution in [2.24, 2.45) is 0 Å². The Kier molecular flexibility index (Phi) is 2.79. The maximum atomic E-state index is 11.9. The van der Waals surface area contributed by atoms with Gasteiger partial charge in [0.25, 0.3) is 0 Å². The van der Waals surface area contributed by atoms with Gasteiger partial charge in [-0.15, -0.1) is 5.10 Å². The molecule has 3 nitrogen and oxygen atoms in total. The molecular formula is C10H7ClN2OS. The summed E-state index contributed by atoms with van der Waals surface area (Å²) in [5.74, 6) is -0.0563. The average Bonchev–Trinajstić information content (AvgIpc) is 2.65. The van der Waals surface area contributed by atoms with Gasteiger partial charge in [-0.1, -0.05) is 16.1 Å². The number of carbonyl (C=O) groups excluding carboxylic acids is 1. The van der Waals surface area contributed by atoms with Crippen LogP contribution in [0.1, 0.15) is 20.9 Å². The van der Waals surface area contributed by atoms with Crippen molar-refractivity contribution in [2.45, 2.75) is 6.92 Å². The highest BCUT2D eigenvalue weighted by Gasteiger charge is 2.14. The smallest absolute Gasteiger partial charge is 0.206 e. The van der Waals surface area contributed by atoms with Crippen molar-refractivity contribution >= 4 is 28.9 Å². The van der Waals surface area contributed by atoms with Crippen LogP contribution in [-0.2, 0) is 0 Å². The highest BCUT2D eigenvalue weighted by Crippen LogP contribution is 2.17. The van der Waals surface area contributed by atoms with E-state index in [1.165, 1.54) is 0 Å². The molecule has 0 bridgehead atoms. The Morgan fingerprint density at radius 2 is 2.00 bits per heavy atom. The molecule has 0 N–H and O–H groups in total. The Balaban J connectivity index is 2.37. The quantitative estimate of drug-likeness (QED) is 0.756. The molecule has 76 valence electrons. The fraction of sp³-hybridized carbons (Fsp3) is 0.100. The van der Waals surface area contributed by atoms with E-state index < -0.39 is 0 Å². The first kappa shape index (κ1) is 10.3. The Morgan fingerprint density at radius 1 is 1.33 bits per heavy atom. The summed E-state index contributed by atoms with van der Waals surface area (Å²) >= 11 is 6.85. The third-order valence-corrected chi connectivity index (χ3v) is 3.04. The van der Waals surface area contributed by atoms with Gasteiger partial charge < -0.3 is 0 Å². The second kappa shape index (κ2) is 4.08. The molecule has 1 heterocycles. The van der Waals surface area contributed by atoms with Crippen LogP contribution in [0.2, 0.25) is 5.02 Å². The number of ketones is 1. The van der Waals surface area contributed by atoms with Gasteiger partial charge in [0.15, 0.2) is 0 Å². The lowest BCUT2D eigenvalue weighted by Gasteiger charge is -1.97. The van der Waals surface area contributed by atoms with Crippen molar-refractivity contribution < 1.29 is 4.79 Å². The standard InChI is InChI=1S/C10H7ClN2OS/c1-6-10(15-13-12-6)9(14)7-2-4-8(11)5-3-7/h2-5H,1H3. The summed E-state index contributed by atoms with van der Waals surface area (Å²) in [5.41, 5.74) is 1.27. The van der Waals surface area contributed by atoms with Gasteiger partial charge in [-0.2, -0.15) is 0 Å². The molecule has 0 atom stereocenters. The molecule has 0 amide bonds. The van der Waals surface area contributed by atoms with Gasteiger partial charge in [-0.05, 0) is 42.7 Å². The Labute approximate surface area is 95.9 Å². The van der Waals surface area contributed by atoms with Crippen LogP contribution in [0, 0.1) is 6.92 Å². The molecule has 0 saturated carbocycles. The molecule has 0 unspecified atom stereocenters. The van der Waals surface area contributed by atoms with Crippen molar-refractivity contribution in [2.75, 3.05) is 0 Å². The van der Waals surface area contributed by atoms with Crippen molar-refractivity contribution in [1.29, 1.82) is 0 Å². The fourth-order valence-electron chi connectivity index (χ4n) is 1.17. The summed E-state index contributed by atoms with van der Waals surface area (Å²) in [4.78, 5) is 12.5. The number of hydrogen-bond donors (Lipinski definition) is 0. The lowest BCUT2D eigenvalue weighted by molar-refractivity contribution is 0.104. The van der Waals surface area contributed by atoms with Gasteiger partial charge in [-0.3, -0.25) is 4.79 Å². The summed E-state index contributed by atoms with van der Waals surface area (Å²) in [6, 6.07) is 6.78. The van der Waals surface area contributed by atoms with Crippen LogP contribution in [0.3, 0.4) is 0 Å². The highest BCUT2D eigenvalue weighted by atomic mass is 35.5. The van der Waals surface area contributed by atoms with Gasteiger partial charge in [0.1, 0.15) is 4.88 Å². The van der Waals surface area contributed by atoms with Crippen LogP contribution in [0.4, 0.5) is 0 Å². The minimum absolute atomic E-state index is 0.0563. The zero-order valence-corrected chi connectivity index (χ0v) is 9.47. The number of rotatable bonds is 2. The maximum absolute atomic E-state index is 11.9. The van der Waals surface area contributed by atoms with Gasteiger partial charge in [0.05, 0.1) is 5.69 Å². The van der Waals surface area contributed by atoms with Crippen LogP contribution in [0.25, 0.3) is 0 Å². The predicted octanol–water partition coefficient (Wildman–Crippen LogP) is 2.73. The van der Waals surface area contributed by atoms with E-state index in [1.54, 1.807) is 31.2 Å². The molecular weight excluding hydrogens is 232 g/mol. The first-order valence-electron chi connectivity index (χ1n) is 4.27.